The lowest BCUT2D eigenvalue weighted by Gasteiger charge is -2.12. The van der Waals surface area contributed by atoms with Crippen LogP contribution in [0.25, 0.3) is 0 Å². The van der Waals surface area contributed by atoms with Crippen LogP contribution >= 0.6 is 0 Å². The highest BCUT2D eigenvalue weighted by atomic mass is 16.5. The molecule has 0 saturated heterocycles. The number of nitrogens with one attached hydrogen (secondary N) is 1. The van der Waals surface area contributed by atoms with Crippen LogP contribution in [0.3, 0.4) is 0 Å². The summed E-state index contributed by atoms with van der Waals surface area (Å²) in [6, 6.07) is 26.2. The van der Waals surface area contributed by atoms with Crippen LogP contribution in [0.4, 0.5) is 0 Å². The van der Waals surface area contributed by atoms with Crippen molar-refractivity contribution in [1.82, 2.24) is 5.32 Å². The zero-order valence-electron chi connectivity index (χ0n) is 15.7. The van der Waals surface area contributed by atoms with Crippen molar-refractivity contribution >= 4 is 5.91 Å². The highest BCUT2D eigenvalue weighted by Crippen LogP contribution is 2.12. The number of aryl methyl sites for hydroxylation is 1. The highest BCUT2D eigenvalue weighted by molar-refractivity contribution is 5.78. The second-order valence-electron chi connectivity index (χ2n) is 6.63. The van der Waals surface area contributed by atoms with Gasteiger partial charge in [-0.05, 0) is 34.7 Å². The first-order valence-corrected chi connectivity index (χ1v) is 9.22. The topological polar surface area (TPSA) is 38.3 Å². The molecule has 0 heterocycles. The Hall–Kier alpha value is -2.91. The summed E-state index contributed by atoms with van der Waals surface area (Å²) < 4.78 is 5.85. The minimum Gasteiger partial charge on any atom is -0.372 e. The average Bonchev–Trinajstić information content (AvgIpc) is 2.70. The van der Waals surface area contributed by atoms with E-state index < -0.39 is 0 Å². The number of ether oxygens (including phenoxy) is 1. The van der Waals surface area contributed by atoms with Crippen LogP contribution in [-0.4, -0.2) is 5.91 Å². The minimum atomic E-state index is 0.0318. The Labute approximate surface area is 161 Å². The van der Waals surface area contributed by atoms with Crippen LogP contribution in [0.2, 0.25) is 0 Å². The molecule has 0 aliphatic rings. The summed E-state index contributed by atoms with van der Waals surface area (Å²) in [7, 11) is 0. The second-order valence-corrected chi connectivity index (χ2v) is 6.63. The maximum Gasteiger partial charge on any atom is 0.224 e. The van der Waals surface area contributed by atoms with Gasteiger partial charge in [0.05, 0.1) is 19.6 Å². The van der Waals surface area contributed by atoms with E-state index >= 15 is 0 Å². The summed E-state index contributed by atoms with van der Waals surface area (Å²) in [5, 5.41) is 3.03. The molecule has 3 heteroatoms. The van der Waals surface area contributed by atoms with Crippen molar-refractivity contribution in [1.29, 1.82) is 0 Å². The van der Waals surface area contributed by atoms with E-state index in [1.165, 1.54) is 0 Å². The molecule has 0 saturated carbocycles. The first kappa shape index (κ1) is 18.9. The third kappa shape index (κ3) is 5.80. The molecule has 0 fully saturated rings. The number of carbonyl (C=O) groups excluding carboxylic acids is 1. The van der Waals surface area contributed by atoms with E-state index in [0.717, 1.165) is 27.8 Å². The van der Waals surface area contributed by atoms with Gasteiger partial charge in [0.25, 0.3) is 0 Å². The van der Waals surface area contributed by atoms with Gasteiger partial charge in [0.15, 0.2) is 0 Å². The van der Waals surface area contributed by atoms with Crippen LogP contribution < -0.4 is 5.32 Å². The number of hydrogen-bond acceptors (Lipinski definition) is 2. The van der Waals surface area contributed by atoms with Crippen LogP contribution in [0.5, 0.6) is 0 Å². The molecule has 1 N–H and O–H groups in total. The average molecular weight is 359 g/mol. The molecular formula is C24H25NO2. The Morgan fingerprint density at radius 2 is 1.41 bits per heavy atom. The van der Waals surface area contributed by atoms with Crippen LogP contribution in [0.1, 0.15) is 27.8 Å². The lowest BCUT2D eigenvalue weighted by Crippen LogP contribution is -2.25. The summed E-state index contributed by atoms with van der Waals surface area (Å²) in [5.74, 6) is 0.0318. The van der Waals surface area contributed by atoms with E-state index in [-0.39, 0.29) is 5.91 Å². The molecule has 0 aliphatic carbocycles. The summed E-state index contributed by atoms with van der Waals surface area (Å²) >= 11 is 0. The normalized spacial score (nSPS) is 10.6. The standard InChI is InChI=1S/C24H25NO2/c1-19-9-5-6-12-21(19)15-24(26)25-16-22-13-7-8-14-23(22)18-27-17-20-10-3-2-4-11-20/h2-14H,15-18H2,1H3,(H,25,26). The Morgan fingerprint density at radius 1 is 0.778 bits per heavy atom. The molecule has 27 heavy (non-hydrogen) atoms. The van der Waals surface area contributed by atoms with E-state index in [1.54, 1.807) is 0 Å². The predicted octanol–water partition coefficient (Wildman–Crippen LogP) is 4.57. The van der Waals surface area contributed by atoms with Crippen LogP contribution in [0, 0.1) is 6.92 Å². The summed E-state index contributed by atoms with van der Waals surface area (Å²) in [4.78, 5) is 12.3. The van der Waals surface area contributed by atoms with Gasteiger partial charge in [-0.3, -0.25) is 4.79 Å². The maximum atomic E-state index is 12.3. The van der Waals surface area contributed by atoms with Gasteiger partial charge in [-0.25, -0.2) is 0 Å². The Morgan fingerprint density at radius 3 is 2.15 bits per heavy atom. The molecule has 0 unspecified atom stereocenters. The van der Waals surface area contributed by atoms with E-state index in [0.29, 0.717) is 26.2 Å². The van der Waals surface area contributed by atoms with Crippen molar-refractivity contribution in [3.8, 4) is 0 Å². The van der Waals surface area contributed by atoms with Gasteiger partial charge in [-0.2, -0.15) is 0 Å². The number of benzene rings is 3. The molecule has 138 valence electrons. The van der Waals surface area contributed by atoms with Crippen molar-refractivity contribution in [3.05, 3.63) is 107 Å². The van der Waals surface area contributed by atoms with Gasteiger partial charge in [0, 0.05) is 6.54 Å². The quantitative estimate of drug-likeness (QED) is 0.640. The number of hydrogen-bond donors (Lipinski definition) is 1. The van der Waals surface area contributed by atoms with E-state index in [1.807, 2.05) is 73.7 Å². The Bertz CT molecular complexity index is 874. The van der Waals surface area contributed by atoms with Crippen molar-refractivity contribution in [2.24, 2.45) is 0 Å². The molecule has 3 rings (SSSR count). The Kier molecular flexibility index (Phi) is 6.78. The molecule has 0 atom stereocenters. The third-order valence-electron chi connectivity index (χ3n) is 4.58. The van der Waals surface area contributed by atoms with Crippen molar-refractivity contribution < 1.29 is 9.53 Å². The lowest BCUT2D eigenvalue weighted by molar-refractivity contribution is -0.120. The van der Waals surface area contributed by atoms with Gasteiger partial charge < -0.3 is 10.1 Å². The SMILES string of the molecule is Cc1ccccc1CC(=O)NCc1ccccc1COCc1ccccc1. The van der Waals surface area contributed by atoms with Gasteiger partial charge in [0.2, 0.25) is 5.91 Å². The molecular weight excluding hydrogens is 334 g/mol. The molecule has 0 spiro atoms. The molecule has 0 bridgehead atoms. The summed E-state index contributed by atoms with van der Waals surface area (Å²) in [6.07, 6.45) is 0.402. The lowest BCUT2D eigenvalue weighted by atomic mass is 10.1. The zero-order chi connectivity index (χ0) is 18.9. The molecule has 3 aromatic rings. The highest BCUT2D eigenvalue weighted by Gasteiger charge is 2.07. The third-order valence-corrected chi connectivity index (χ3v) is 4.58. The predicted molar refractivity (Wildman–Crippen MR) is 108 cm³/mol. The van der Waals surface area contributed by atoms with Gasteiger partial charge in [-0.15, -0.1) is 0 Å². The van der Waals surface area contributed by atoms with Gasteiger partial charge in [0.1, 0.15) is 0 Å². The molecule has 3 aromatic carbocycles. The van der Waals surface area contributed by atoms with Gasteiger partial charge in [-0.1, -0.05) is 78.9 Å². The minimum absolute atomic E-state index is 0.0318. The molecule has 0 aromatic heterocycles. The van der Waals surface area contributed by atoms with Gasteiger partial charge >= 0.3 is 0 Å². The van der Waals surface area contributed by atoms with Crippen LogP contribution in [0.15, 0.2) is 78.9 Å². The smallest absolute Gasteiger partial charge is 0.224 e. The fourth-order valence-corrected chi connectivity index (χ4v) is 2.96. The summed E-state index contributed by atoms with van der Waals surface area (Å²) in [6.45, 7) is 3.64. The monoisotopic (exact) mass is 359 g/mol. The number of amides is 1. The fraction of sp³-hybridized carbons (Fsp3) is 0.208. The van der Waals surface area contributed by atoms with Crippen LogP contribution in [-0.2, 0) is 35.7 Å². The Balaban J connectivity index is 1.52. The van der Waals surface area contributed by atoms with Crippen molar-refractivity contribution in [3.63, 3.8) is 0 Å². The second kappa shape index (κ2) is 9.70. The maximum absolute atomic E-state index is 12.3. The summed E-state index contributed by atoms with van der Waals surface area (Å²) in [5.41, 5.74) is 5.55. The largest absolute Gasteiger partial charge is 0.372 e. The molecule has 3 nitrogen and oxygen atoms in total. The fourth-order valence-electron chi connectivity index (χ4n) is 2.96. The first-order chi connectivity index (χ1) is 13.2. The number of rotatable bonds is 8. The van der Waals surface area contributed by atoms with E-state index in [2.05, 4.69) is 17.4 Å². The zero-order valence-corrected chi connectivity index (χ0v) is 15.7. The van der Waals surface area contributed by atoms with E-state index in [4.69, 9.17) is 4.74 Å². The van der Waals surface area contributed by atoms with Crippen molar-refractivity contribution in [2.45, 2.75) is 33.1 Å². The van der Waals surface area contributed by atoms with E-state index in [9.17, 15) is 4.79 Å². The molecule has 0 radical (unpaired) electrons. The number of carbonyl (C=O) groups is 1. The first-order valence-electron chi connectivity index (χ1n) is 9.22. The van der Waals surface area contributed by atoms with Crippen molar-refractivity contribution in [2.75, 3.05) is 0 Å². The molecule has 0 aliphatic heterocycles. The molecule has 1 amide bonds.